The first-order valence-electron chi connectivity index (χ1n) is 7.09. The fourth-order valence-electron chi connectivity index (χ4n) is 2.17. The predicted octanol–water partition coefficient (Wildman–Crippen LogP) is 1.25. The van der Waals surface area contributed by atoms with Crippen LogP contribution >= 0.6 is 11.6 Å². The number of pyridine rings is 1. The molecular weight excluding hydrogens is 292 g/mol. The summed E-state index contributed by atoms with van der Waals surface area (Å²) in [5.41, 5.74) is 0.735. The molecule has 7 heteroatoms. The van der Waals surface area contributed by atoms with Crippen LogP contribution in [0.1, 0.15) is 12.6 Å². The Morgan fingerprint density at radius 2 is 2.24 bits per heavy atom. The molecular formula is C14H21ClN4O2. The largest absolute Gasteiger partial charge is 0.379 e. The van der Waals surface area contributed by atoms with Crippen molar-refractivity contribution in [2.75, 3.05) is 32.8 Å². The zero-order chi connectivity index (χ0) is 15.1. The number of carbonyl (C=O) groups excluding carboxylic acids is 1. The Bertz CT molecular complexity index is 466. The summed E-state index contributed by atoms with van der Waals surface area (Å²) in [7, 11) is 0. The van der Waals surface area contributed by atoms with E-state index in [1.807, 2.05) is 0 Å². The van der Waals surface area contributed by atoms with E-state index in [4.69, 9.17) is 16.3 Å². The Labute approximate surface area is 129 Å². The number of nitrogens with one attached hydrogen (secondary N) is 2. The van der Waals surface area contributed by atoms with Crippen molar-refractivity contribution >= 4 is 17.6 Å². The molecule has 2 heterocycles. The van der Waals surface area contributed by atoms with Crippen molar-refractivity contribution < 1.29 is 9.53 Å². The molecule has 1 fully saturated rings. The van der Waals surface area contributed by atoms with E-state index in [0.717, 1.165) is 32.0 Å². The van der Waals surface area contributed by atoms with Gasteiger partial charge in [0.1, 0.15) is 0 Å². The predicted molar refractivity (Wildman–Crippen MR) is 81.3 cm³/mol. The van der Waals surface area contributed by atoms with Crippen LogP contribution < -0.4 is 10.6 Å². The number of urea groups is 1. The summed E-state index contributed by atoms with van der Waals surface area (Å²) in [5, 5.41) is 6.26. The van der Waals surface area contributed by atoms with Crippen molar-refractivity contribution in [3.8, 4) is 0 Å². The van der Waals surface area contributed by atoms with Crippen LogP contribution in [0.25, 0.3) is 0 Å². The number of halogens is 1. The average Bonchev–Trinajstić information content (AvgIpc) is 2.51. The molecule has 0 aliphatic carbocycles. The molecule has 1 aliphatic rings. The summed E-state index contributed by atoms with van der Waals surface area (Å²) >= 11 is 5.86. The van der Waals surface area contributed by atoms with Gasteiger partial charge < -0.3 is 15.4 Å². The molecule has 0 bridgehead atoms. The number of hydrogen-bond donors (Lipinski definition) is 2. The number of aromatic nitrogens is 1. The van der Waals surface area contributed by atoms with Gasteiger partial charge in [0.25, 0.3) is 0 Å². The molecule has 2 rings (SSSR count). The van der Waals surface area contributed by atoms with Gasteiger partial charge >= 0.3 is 6.03 Å². The van der Waals surface area contributed by atoms with Gasteiger partial charge in [0.2, 0.25) is 0 Å². The molecule has 1 aromatic heterocycles. The zero-order valence-electron chi connectivity index (χ0n) is 12.1. The minimum absolute atomic E-state index is 0.197. The molecule has 1 atom stereocenters. The van der Waals surface area contributed by atoms with E-state index in [2.05, 4.69) is 27.4 Å². The summed E-state index contributed by atoms with van der Waals surface area (Å²) < 4.78 is 5.31. The number of nitrogens with zero attached hydrogens (tertiary/aromatic N) is 2. The number of carbonyl (C=O) groups is 1. The summed E-state index contributed by atoms with van der Waals surface area (Å²) in [5.74, 6) is 0. The molecule has 0 aromatic carbocycles. The maximum Gasteiger partial charge on any atom is 0.315 e. The van der Waals surface area contributed by atoms with Crippen molar-refractivity contribution in [1.82, 2.24) is 20.5 Å². The van der Waals surface area contributed by atoms with Crippen LogP contribution in [0.3, 0.4) is 0 Å². The smallest absolute Gasteiger partial charge is 0.315 e. The molecule has 0 saturated carbocycles. The maximum atomic E-state index is 11.8. The fraction of sp³-hybridized carbons (Fsp3) is 0.571. The quantitative estimate of drug-likeness (QED) is 0.859. The Hall–Kier alpha value is -1.37. The van der Waals surface area contributed by atoms with Gasteiger partial charge in [-0.25, -0.2) is 4.79 Å². The van der Waals surface area contributed by atoms with Gasteiger partial charge in [0.15, 0.2) is 0 Å². The summed E-state index contributed by atoms with van der Waals surface area (Å²) in [6.07, 6.45) is 1.62. The van der Waals surface area contributed by atoms with Gasteiger partial charge in [-0.3, -0.25) is 9.88 Å². The molecule has 6 nitrogen and oxygen atoms in total. The maximum absolute atomic E-state index is 11.8. The van der Waals surface area contributed by atoms with Gasteiger partial charge in [-0.05, 0) is 19.1 Å². The van der Waals surface area contributed by atoms with E-state index in [9.17, 15) is 4.79 Å². The van der Waals surface area contributed by atoms with Gasteiger partial charge in [-0.2, -0.15) is 0 Å². The van der Waals surface area contributed by atoms with E-state index < -0.39 is 0 Å². The Morgan fingerprint density at radius 3 is 2.95 bits per heavy atom. The molecule has 0 spiro atoms. The van der Waals surface area contributed by atoms with Crippen LogP contribution in [0.15, 0.2) is 18.3 Å². The van der Waals surface area contributed by atoms with Crippen LogP contribution in [0.2, 0.25) is 5.02 Å². The standard InChI is InChI=1S/C14H21ClN4O2/c1-11(19-4-6-21-7-5-19)9-17-14(20)18-10-13-8-12(15)2-3-16-13/h2-3,8,11H,4-7,9-10H2,1H3,(H2,17,18,20). The average molecular weight is 313 g/mol. The molecule has 2 N–H and O–H groups in total. The van der Waals surface area contributed by atoms with Gasteiger partial charge in [0, 0.05) is 36.9 Å². The van der Waals surface area contributed by atoms with E-state index >= 15 is 0 Å². The van der Waals surface area contributed by atoms with Crippen molar-refractivity contribution in [2.45, 2.75) is 19.5 Å². The van der Waals surface area contributed by atoms with E-state index in [-0.39, 0.29) is 6.03 Å². The van der Waals surface area contributed by atoms with E-state index in [1.165, 1.54) is 0 Å². The minimum Gasteiger partial charge on any atom is -0.379 e. The summed E-state index contributed by atoms with van der Waals surface area (Å²) in [4.78, 5) is 18.2. The second-order valence-electron chi connectivity index (χ2n) is 5.03. The summed E-state index contributed by atoms with van der Waals surface area (Å²) in [6.45, 7) is 6.42. The van der Waals surface area contributed by atoms with Crippen LogP contribution in [0, 0.1) is 0 Å². The Morgan fingerprint density at radius 1 is 1.48 bits per heavy atom. The van der Waals surface area contributed by atoms with Crippen LogP contribution in [0.5, 0.6) is 0 Å². The summed E-state index contributed by atoms with van der Waals surface area (Å²) in [6, 6.07) is 3.54. The highest BCUT2D eigenvalue weighted by Crippen LogP contribution is 2.07. The number of rotatable bonds is 5. The van der Waals surface area contributed by atoms with Gasteiger partial charge in [0.05, 0.1) is 25.5 Å². The Kier molecular flexibility index (Phi) is 6.22. The lowest BCUT2D eigenvalue weighted by Gasteiger charge is -2.32. The highest BCUT2D eigenvalue weighted by atomic mass is 35.5. The molecule has 2 amide bonds. The first-order valence-corrected chi connectivity index (χ1v) is 7.47. The molecule has 1 aromatic rings. The van der Waals surface area contributed by atoms with Crippen LogP contribution in [-0.2, 0) is 11.3 Å². The van der Waals surface area contributed by atoms with Gasteiger partial charge in [-0.1, -0.05) is 11.6 Å². The van der Waals surface area contributed by atoms with Crippen LogP contribution in [0.4, 0.5) is 4.79 Å². The minimum atomic E-state index is -0.197. The third-order valence-electron chi connectivity index (χ3n) is 3.44. The van der Waals surface area contributed by atoms with Crippen molar-refractivity contribution in [3.63, 3.8) is 0 Å². The number of amides is 2. The number of hydrogen-bond acceptors (Lipinski definition) is 4. The SMILES string of the molecule is CC(CNC(=O)NCc1cc(Cl)ccn1)N1CCOCC1. The lowest BCUT2D eigenvalue weighted by molar-refractivity contribution is 0.0209. The monoisotopic (exact) mass is 312 g/mol. The lowest BCUT2D eigenvalue weighted by atomic mass is 10.2. The van der Waals surface area contributed by atoms with Crippen LogP contribution in [-0.4, -0.2) is 54.8 Å². The number of ether oxygens (including phenoxy) is 1. The van der Waals surface area contributed by atoms with Gasteiger partial charge in [-0.15, -0.1) is 0 Å². The molecule has 1 aliphatic heterocycles. The van der Waals surface area contributed by atoms with Crippen molar-refractivity contribution in [1.29, 1.82) is 0 Å². The third kappa shape index (κ3) is 5.49. The third-order valence-corrected chi connectivity index (χ3v) is 3.67. The van der Waals surface area contributed by atoms with E-state index in [0.29, 0.717) is 24.2 Å². The topological polar surface area (TPSA) is 66.5 Å². The number of morpholine rings is 1. The Balaban J connectivity index is 1.67. The highest BCUT2D eigenvalue weighted by molar-refractivity contribution is 6.30. The highest BCUT2D eigenvalue weighted by Gasteiger charge is 2.17. The first kappa shape index (κ1) is 16.0. The normalized spacial score (nSPS) is 17.2. The molecule has 1 unspecified atom stereocenters. The molecule has 1 saturated heterocycles. The zero-order valence-corrected chi connectivity index (χ0v) is 12.9. The fourth-order valence-corrected chi connectivity index (χ4v) is 2.35. The molecule has 116 valence electrons. The lowest BCUT2D eigenvalue weighted by Crippen LogP contribution is -2.48. The second-order valence-corrected chi connectivity index (χ2v) is 5.46. The molecule has 21 heavy (non-hydrogen) atoms. The van der Waals surface area contributed by atoms with E-state index in [1.54, 1.807) is 18.3 Å². The first-order chi connectivity index (χ1) is 10.1. The van der Waals surface area contributed by atoms with Crippen molar-refractivity contribution in [2.24, 2.45) is 0 Å². The van der Waals surface area contributed by atoms with Crippen molar-refractivity contribution in [3.05, 3.63) is 29.0 Å². The second kappa shape index (κ2) is 8.17. The molecule has 0 radical (unpaired) electrons.